The molecule has 0 aliphatic carbocycles. The summed E-state index contributed by atoms with van der Waals surface area (Å²) in [6, 6.07) is 0. The van der Waals surface area contributed by atoms with E-state index in [1.54, 1.807) is 0 Å². The van der Waals surface area contributed by atoms with E-state index in [1.165, 1.54) is 0 Å². The molecule has 6 heteroatoms. The topological polar surface area (TPSA) is 89.0 Å². The van der Waals surface area contributed by atoms with Gasteiger partial charge in [-0.1, -0.05) is 0 Å². The molecule has 6 heavy (non-hydrogen) atoms. The van der Waals surface area contributed by atoms with Crippen molar-refractivity contribution in [1.82, 2.24) is 0 Å². The maximum atomic E-state index is 8.67. The molecular formula is H6O4S2. The van der Waals surface area contributed by atoms with Crippen LogP contribution in [0, 0.1) is 0 Å². The third-order valence-corrected chi connectivity index (χ3v) is 0. The monoisotopic (exact) mass is 134 g/mol. The van der Waals surface area contributed by atoms with Gasteiger partial charge in [0.15, 0.2) is 0 Å². The summed E-state index contributed by atoms with van der Waals surface area (Å²) in [7, 11) is 0. The van der Waals surface area contributed by atoms with Gasteiger partial charge >= 0.3 is 0 Å². The molecule has 0 bridgehead atoms. The zero-order valence-electron chi connectivity index (χ0n) is 2.71. The van der Waals surface area contributed by atoms with Gasteiger partial charge in [-0.2, -0.15) is 17.7 Å². The van der Waals surface area contributed by atoms with Gasteiger partial charge in [0.2, 0.25) is 0 Å². The van der Waals surface area contributed by atoms with Crippen molar-refractivity contribution in [1.29, 1.82) is 0 Å². The number of hydrogen-bond acceptors (Lipinski definition) is 1. The lowest BCUT2D eigenvalue weighted by molar-refractivity contribution is 0.454. The van der Waals surface area contributed by atoms with Crippen LogP contribution in [-0.4, -0.2) is 18.8 Å². The molecule has 4 N–H and O–H groups in total. The van der Waals surface area contributed by atoms with Gasteiger partial charge in [-0.15, -0.1) is 0 Å². The Balaban J connectivity index is -0.0000000450. The fourth-order valence-corrected chi connectivity index (χ4v) is 0. The van der Waals surface area contributed by atoms with Gasteiger partial charge in [-0.3, -0.25) is 9.11 Å². The van der Waals surface area contributed by atoms with E-state index in [4.69, 9.17) is 13.3 Å². The van der Waals surface area contributed by atoms with Crippen LogP contribution in [0.5, 0.6) is 0 Å². The largest absolute Gasteiger partial charge is 0.412 e. The molecule has 0 fully saturated rings. The third-order valence-electron chi connectivity index (χ3n) is 0. The Hall–Kier alpha value is 0.380. The van der Waals surface area contributed by atoms with E-state index in [9.17, 15) is 0 Å². The van der Waals surface area contributed by atoms with E-state index in [2.05, 4.69) is 0 Å². The Bertz CT molecular complexity index is 28.5. The smallest absolute Gasteiger partial charge is 0.299 e. The summed E-state index contributed by atoms with van der Waals surface area (Å²) in [6.45, 7) is 0. The lowest BCUT2D eigenvalue weighted by Gasteiger charge is -1.59. The Morgan fingerprint density at radius 2 is 1.33 bits per heavy atom. The van der Waals surface area contributed by atoms with Crippen molar-refractivity contribution < 1.29 is 18.8 Å². The second-order valence-electron chi connectivity index (χ2n) is 0.231. The van der Waals surface area contributed by atoms with Crippen molar-refractivity contribution in [3.05, 3.63) is 0 Å². The maximum absolute atomic E-state index is 8.67. The van der Waals surface area contributed by atoms with Crippen LogP contribution in [0.15, 0.2) is 0 Å². The molecule has 0 aliphatic rings. The lowest BCUT2D eigenvalue weighted by atomic mass is 15.8. The zero-order chi connectivity index (χ0) is 3.58. The Kier molecular flexibility index (Phi) is 24.3. The Labute approximate surface area is 44.4 Å². The summed E-state index contributed by atoms with van der Waals surface area (Å²) >= 11 is -2.61. The SMILES string of the molecule is O.O=S(O)O.S. The highest BCUT2D eigenvalue weighted by atomic mass is 32.2. The average molecular weight is 134 g/mol. The van der Waals surface area contributed by atoms with Crippen LogP contribution in [0.25, 0.3) is 0 Å². The van der Waals surface area contributed by atoms with Gasteiger partial charge in [-0.25, -0.2) is 0 Å². The molecule has 0 radical (unpaired) electrons. The Morgan fingerprint density at radius 3 is 1.33 bits per heavy atom. The summed E-state index contributed by atoms with van der Waals surface area (Å²) in [5.41, 5.74) is 0. The summed E-state index contributed by atoms with van der Waals surface area (Å²) in [6.07, 6.45) is 0. The van der Waals surface area contributed by atoms with Gasteiger partial charge in [0.05, 0.1) is 0 Å². The van der Waals surface area contributed by atoms with E-state index in [0.29, 0.717) is 0 Å². The molecule has 0 aromatic heterocycles. The van der Waals surface area contributed by atoms with Gasteiger partial charge in [-0.05, 0) is 0 Å². The molecule has 0 aliphatic heterocycles. The molecule has 42 valence electrons. The minimum Gasteiger partial charge on any atom is -0.412 e. The summed E-state index contributed by atoms with van der Waals surface area (Å²) < 4.78 is 22.8. The van der Waals surface area contributed by atoms with Crippen LogP contribution in [0.3, 0.4) is 0 Å². The van der Waals surface area contributed by atoms with Crippen molar-refractivity contribution in [2.45, 2.75) is 0 Å². The highest BCUT2D eigenvalue weighted by Crippen LogP contribution is 1.44. The standard InChI is InChI=1S/H2O3S.H2O.H2S/c1-4(2)3;;/h(H2,1,2,3);2*1H2. The van der Waals surface area contributed by atoms with Crippen LogP contribution < -0.4 is 0 Å². The van der Waals surface area contributed by atoms with Crippen molar-refractivity contribution >= 4 is 24.9 Å². The van der Waals surface area contributed by atoms with E-state index in [-0.39, 0.29) is 19.0 Å². The van der Waals surface area contributed by atoms with E-state index < -0.39 is 11.4 Å². The van der Waals surface area contributed by atoms with E-state index >= 15 is 0 Å². The van der Waals surface area contributed by atoms with Crippen LogP contribution >= 0.6 is 13.5 Å². The second-order valence-corrected chi connectivity index (χ2v) is 0.692. The molecule has 4 nitrogen and oxygen atoms in total. The zero-order valence-corrected chi connectivity index (χ0v) is 4.53. The molecule has 0 rings (SSSR count). The first-order valence-electron chi connectivity index (χ1n) is 0.532. The minimum absolute atomic E-state index is 0. The lowest BCUT2D eigenvalue weighted by Crippen LogP contribution is -1.74. The minimum atomic E-state index is -2.61. The first-order valence-corrected chi connectivity index (χ1v) is 1.60. The molecule has 0 unspecified atom stereocenters. The van der Waals surface area contributed by atoms with Gasteiger partial charge in [0.25, 0.3) is 11.4 Å². The highest BCUT2D eigenvalue weighted by Gasteiger charge is 1.62. The predicted octanol–water partition coefficient (Wildman–Crippen LogP) is -1.03. The fraction of sp³-hybridized carbons (Fsp3) is 0. The summed E-state index contributed by atoms with van der Waals surface area (Å²) in [5.74, 6) is 0. The van der Waals surface area contributed by atoms with Crippen LogP contribution in [0.1, 0.15) is 0 Å². The molecule has 0 aromatic rings. The van der Waals surface area contributed by atoms with Gasteiger partial charge in [0.1, 0.15) is 0 Å². The molecule has 0 heterocycles. The number of hydrogen-bond donors (Lipinski definition) is 2. The first-order chi connectivity index (χ1) is 1.73. The van der Waals surface area contributed by atoms with E-state index in [1.807, 2.05) is 0 Å². The normalized spacial score (nSPS) is 5.83. The maximum Gasteiger partial charge on any atom is 0.299 e. The molecule has 0 aromatic carbocycles. The van der Waals surface area contributed by atoms with E-state index in [0.717, 1.165) is 0 Å². The summed E-state index contributed by atoms with van der Waals surface area (Å²) in [5, 5.41) is 0. The van der Waals surface area contributed by atoms with Crippen LogP contribution in [0.4, 0.5) is 0 Å². The van der Waals surface area contributed by atoms with Crippen molar-refractivity contribution in [2.24, 2.45) is 0 Å². The van der Waals surface area contributed by atoms with Crippen molar-refractivity contribution in [2.75, 3.05) is 0 Å². The van der Waals surface area contributed by atoms with Gasteiger partial charge in [0, 0.05) is 0 Å². The summed E-state index contributed by atoms with van der Waals surface area (Å²) in [4.78, 5) is 0. The molecule has 0 saturated heterocycles. The van der Waals surface area contributed by atoms with Crippen molar-refractivity contribution in [3.63, 3.8) is 0 Å². The molecular weight excluding hydrogens is 128 g/mol. The average Bonchev–Trinajstić information content (AvgIpc) is 0.811. The first kappa shape index (κ1) is 16.2. The fourth-order valence-electron chi connectivity index (χ4n) is 0. The highest BCUT2D eigenvalue weighted by molar-refractivity contribution is 7.73. The molecule has 0 amide bonds. The van der Waals surface area contributed by atoms with Crippen LogP contribution in [0.2, 0.25) is 0 Å². The third kappa shape index (κ3) is 347. The molecule has 0 saturated carbocycles. The second kappa shape index (κ2) is 9.03. The van der Waals surface area contributed by atoms with Gasteiger partial charge < -0.3 is 5.48 Å². The van der Waals surface area contributed by atoms with Crippen LogP contribution in [-0.2, 0) is 11.4 Å². The predicted molar refractivity (Wildman–Crippen MR) is 27.4 cm³/mol. The molecule has 0 atom stereocenters. The Morgan fingerprint density at radius 1 is 1.33 bits per heavy atom. The quantitative estimate of drug-likeness (QED) is 0.415. The molecule has 0 spiro atoms. The van der Waals surface area contributed by atoms with Crippen molar-refractivity contribution in [3.8, 4) is 0 Å². The number of rotatable bonds is 0.